The fourth-order valence-corrected chi connectivity index (χ4v) is 2.21. The third kappa shape index (κ3) is 4.80. The van der Waals surface area contributed by atoms with E-state index in [0.29, 0.717) is 6.54 Å². The Morgan fingerprint density at radius 3 is 2.52 bits per heavy atom. The average Bonchev–Trinajstić information content (AvgIpc) is 2.50. The monoisotopic (exact) mass is 302 g/mol. The standard InChI is InChI=1S/C17H19ClN2O/c1-2-14-5-3-4-6-16(14)20-17(21)19-12-11-13-7-9-15(18)10-8-13/h3-10H,2,11-12H2,1H3,(H2,19,20,21). The third-order valence-electron chi connectivity index (χ3n) is 3.26. The number of hydrogen-bond donors (Lipinski definition) is 2. The highest BCUT2D eigenvalue weighted by molar-refractivity contribution is 6.30. The summed E-state index contributed by atoms with van der Waals surface area (Å²) in [6.07, 6.45) is 1.67. The predicted octanol–water partition coefficient (Wildman–Crippen LogP) is 4.27. The normalized spacial score (nSPS) is 10.2. The first-order valence-electron chi connectivity index (χ1n) is 7.06. The molecule has 0 aliphatic rings. The molecule has 2 aromatic rings. The van der Waals surface area contributed by atoms with Crippen LogP contribution in [0.1, 0.15) is 18.1 Å². The van der Waals surface area contributed by atoms with Crippen LogP contribution in [-0.2, 0) is 12.8 Å². The fraction of sp³-hybridized carbons (Fsp3) is 0.235. The highest BCUT2D eigenvalue weighted by Gasteiger charge is 2.04. The molecule has 0 heterocycles. The Hall–Kier alpha value is -2.00. The van der Waals surface area contributed by atoms with Gasteiger partial charge in [-0.3, -0.25) is 0 Å². The summed E-state index contributed by atoms with van der Waals surface area (Å²) < 4.78 is 0. The number of nitrogens with one attached hydrogen (secondary N) is 2. The number of halogens is 1. The summed E-state index contributed by atoms with van der Waals surface area (Å²) in [6.45, 7) is 2.65. The Balaban J connectivity index is 1.81. The Bertz CT molecular complexity index is 596. The molecule has 0 unspecified atom stereocenters. The van der Waals surface area contributed by atoms with Crippen molar-refractivity contribution in [1.82, 2.24) is 5.32 Å². The Morgan fingerprint density at radius 1 is 1.10 bits per heavy atom. The van der Waals surface area contributed by atoms with Crippen LogP contribution < -0.4 is 10.6 Å². The van der Waals surface area contributed by atoms with Gasteiger partial charge in [0, 0.05) is 17.3 Å². The van der Waals surface area contributed by atoms with E-state index in [9.17, 15) is 4.79 Å². The maximum atomic E-state index is 11.9. The summed E-state index contributed by atoms with van der Waals surface area (Å²) >= 11 is 5.84. The van der Waals surface area contributed by atoms with Crippen molar-refractivity contribution < 1.29 is 4.79 Å². The second-order valence-electron chi connectivity index (χ2n) is 4.77. The summed E-state index contributed by atoms with van der Waals surface area (Å²) in [5.41, 5.74) is 3.14. The van der Waals surface area contributed by atoms with E-state index in [-0.39, 0.29) is 6.03 Å². The molecule has 21 heavy (non-hydrogen) atoms. The number of carbonyl (C=O) groups is 1. The highest BCUT2D eigenvalue weighted by Crippen LogP contribution is 2.15. The molecule has 0 aliphatic carbocycles. The first-order valence-corrected chi connectivity index (χ1v) is 7.44. The molecule has 2 aromatic carbocycles. The van der Waals surface area contributed by atoms with Gasteiger partial charge in [-0.05, 0) is 42.2 Å². The van der Waals surface area contributed by atoms with E-state index in [0.717, 1.165) is 34.7 Å². The van der Waals surface area contributed by atoms with Crippen LogP contribution in [0, 0.1) is 0 Å². The summed E-state index contributed by atoms with van der Waals surface area (Å²) in [5, 5.41) is 6.47. The quantitative estimate of drug-likeness (QED) is 0.851. The van der Waals surface area contributed by atoms with Crippen LogP contribution in [-0.4, -0.2) is 12.6 Å². The number of carbonyl (C=O) groups excluding carboxylic acids is 1. The van der Waals surface area contributed by atoms with Crippen LogP contribution >= 0.6 is 11.6 Å². The van der Waals surface area contributed by atoms with Crippen LogP contribution in [0.4, 0.5) is 10.5 Å². The highest BCUT2D eigenvalue weighted by atomic mass is 35.5. The van der Waals surface area contributed by atoms with E-state index < -0.39 is 0 Å². The van der Waals surface area contributed by atoms with Crippen LogP contribution in [0.15, 0.2) is 48.5 Å². The molecule has 0 fully saturated rings. The second kappa shape index (κ2) is 7.70. The first kappa shape index (κ1) is 15.4. The number of benzene rings is 2. The maximum Gasteiger partial charge on any atom is 0.319 e. The van der Waals surface area contributed by atoms with Gasteiger partial charge in [-0.2, -0.15) is 0 Å². The average molecular weight is 303 g/mol. The molecule has 0 aliphatic heterocycles. The minimum absolute atomic E-state index is 0.176. The van der Waals surface area contributed by atoms with E-state index >= 15 is 0 Å². The fourth-order valence-electron chi connectivity index (χ4n) is 2.09. The van der Waals surface area contributed by atoms with Crippen molar-refractivity contribution in [2.75, 3.05) is 11.9 Å². The van der Waals surface area contributed by atoms with Gasteiger partial charge in [-0.25, -0.2) is 4.79 Å². The van der Waals surface area contributed by atoms with Crippen molar-refractivity contribution in [3.63, 3.8) is 0 Å². The summed E-state index contributed by atoms with van der Waals surface area (Å²) in [5.74, 6) is 0. The Labute approximate surface area is 130 Å². The van der Waals surface area contributed by atoms with Crippen molar-refractivity contribution in [2.24, 2.45) is 0 Å². The molecule has 110 valence electrons. The lowest BCUT2D eigenvalue weighted by Crippen LogP contribution is -2.30. The topological polar surface area (TPSA) is 41.1 Å². The van der Waals surface area contributed by atoms with Crippen LogP contribution in [0.5, 0.6) is 0 Å². The molecule has 0 aromatic heterocycles. The summed E-state index contributed by atoms with van der Waals surface area (Å²) in [6, 6.07) is 15.3. The number of amides is 2. The van der Waals surface area contributed by atoms with Gasteiger partial charge in [0.25, 0.3) is 0 Å². The lowest BCUT2D eigenvalue weighted by molar-refractivity contribution is 0.252. The SMILES string of the molecule is CCc1ccccc1NC(=O)NCCc1ccc(Cl)cc1. The van der Waals surface area contributed by atoms with E-state index in [4.69, 9.17) is 11.6 Å². The van der Waals surface area contributed by atoms with Crippen molar-refractivity contribution in [1.29, 1.82) is 0 Å². The first-order chi connectivity index (χ1) is 10.2. The Kier molecular flexibility index (Phi) is 5.64. The van der Waals surface area contributed by atoms with E-state index in [1.54, 1.807) is 0 Å². The number of aryl methyl sites for hydroxylation is 1. The zero-order valence-corrected chi connectivity index (χ0v) is 12.8. The molecule has 3 nitrogen and oxygen atoms in total. The molecular weight excluding hydrogens is 284 g/mol. The summed E-state index contributed by atoms with van der Waals surface area (Å²) in [4.78, 5) is 11.9. The smallest absolute Gasteiger partial charge is 0.319 e. The molecule has 0 bridgehead atoms. The van der Waals surface area contributed by atoms with Gasteiger partial charge in [0.2, 0.25) is 0 Å². The largest absolute Gasteiger partial charge is 0.338 e. The molecule has 0 saturated heterocycles. The van der Waals surface area contributed by atoms with Crippen LogP contribution in [0.25, 0.3) is 0 Å². The lowest BCUT2D eigenvalue weighted by atomic mass is 10.1. The van der Waals surface area contributed by atoms with Crippen LogP contribution in [0.2, 0.25) is 5.02 Å². The molecule has 4 heteroatoms. The Morgan fingerprint density at radius 2 is 1.81 bits per heavy atom. The molecule has 0 radical (unpaired) electrons. The van der Waals surface area contributed by atoms with E-state index in [1.807, 2.05) is 48.5 Å². The molecular formula is C17H19ClN2O. The number of hydrogen-bond acceptors (Lipinski definition) is 1. The zero-order valence-electron chi connectivity index (χ0n) is 12.0. The minimum Gasteiger partial charge on any atom is -0.338 e. The molecule has 2 rings (SSSR count). The van der Waals surface area contributed by atoms with Crippen molar-refractivity contribution in [3.8, 4) is 0 Å². The molecule has 2 N–H and O–H groups in total. The number of para-hydroxylation sites is 1. The van der Waals surface area contributed by atoms with Gasteiger partial charge in [-0.15, -0.1) is 0 Å². The third-order valence-corrected chi connectivity index (χ3v) is 3.51. The summed E-state index contributed by atoms with van der Waals surface area (Å²) in [7, 11) is 0. The lowest BCUT2D eigenvalue weighted by Gasteiger charge is -2.11. The number of anilines is 1. The van der Waals surface area contributed by atoms with Gasteiger partial charge in [0.1, 0.15) is 0 Å². The predicted molar refractivity (Wildman–Crippen MR) is 88.0 cm³/mol. The minimum atomic E-state index is -0.176. The molecule has 0 spiro atoms. The van der Waals surface area contributed by atoms with Gasteiger partial charge in [0.05, 0.1) is 0 Å². The maximum absolute atomic E-state index is 11.9. The van der Waals surface area contributed by atoms with E-state index in [2.05, 4.69) is 17.6 Å². The van der Waals surface area contributed by atoms with Crippen molar-refractivity contribution >= 4 is 23.3 Å². The number of urea groups is 1. The van der Waals surface area contributed by atoms with Gasteiger partial charge < -0.3 is 10.6 Å². The van der Waals surface area contributed by atoms with Gasteiger partial charge in [-0.1, -0.05) is 48.9 Å². The van der Waals surface area contributed by atoms with Crippen LogP contribution in [0.3, 0.4) is 0 Å². The van der Waals surface area contributed by atoms with Gasteiger partial charge in [0.15, 0.2) is 0 Å². The zero-order chi connectivity index (χ0) is 15.1. The van der Waals surface area contributed by atoms with Crippen molar-refractivity contribution in [3.05, 3.63) is 64.7 Å². The number of rotatable bonds is 5. The second-order valence-corrected chi connectivity index (χ2v) is 5.20. The molecule has 0 saturated carbocycles. The molecule has 2 amide bonds. The van der Waals surface area contributed by atoms with Crippen molar-refractivity contribution in [2.45, 2.75) is 19.8 Å². The van der Waals surface area contributed by atoms with E-state index in [1.165, 1.54) is 0 Å². The van der Waals surface area contributed by atoms with Gasteiger partial charge >= 0.3 is 6.03 Å². The molecule has 0 atom stereocenters.